The minimum Gasteiger partial charge on any atom is -0.506 e. The number of rotatable bonds is 4. The Hall–Kier alpha value is -3.36. The number of aromatic nitrogens is 2. The van der Waals surface area contributed by atoms with Gasteiger partial charge in [0, 0.05) is 77.4 Å². The van der Waals surface area contributed by atoms with Crippen molar-refractivity contribution in [1.82, 2.24) is 9.97 Å². The van der Waals surface area contributed by atoms with Crippen molar-refractivity contribution < 1.29 is 19.8 Å². The third kappa shape index (κ3) is 2.57. The lowest BCUT2D eigenvalue weighted by Crippen LogP contribution is -2.49. The average molecular weight is 606 g/mol. The SMILES string of the molecule is Cc1c[nH]c2c(O)cc3c(c12)[C@H](CCl)CN3C(=O)C12CC3(C(=O)N4C[C@@H](CCl)c5c4cc(O)c4[nH]cc(C)c54)CC13C2. The van der Waals surface area contributed by atoms with Crippen molar-refractivity contribution >= 4 is 68.2 Å². The number of anilines is 2. The summed E-state index contributed by atoms with van der Waals surface area (Å²) in [6.07, 6.45) is 5.69. The number of alkyl halides is 2. The number of hydrogen-bond acceptors (Lipinski definition) is 4. The molecule has 0 saturated heterocycles. The highest BCUT2D eigenvalue weighted by molar-refractivity contribution is 6.20. The Balaban J connectivity index is 1.05. The van der Waals surface area contributed by atoms with E-state index in [0.29, 0.717) is 55.1 Å². The van der Waals surface area contributed by atoms with Crippen LogP contribution in [0.25, 0.3) is 21.8 Å². The molecular formula is C32H30Cl2N4O4. The highest BCUT2D eigenvalue weighted by atomic mass is 35.5. The molecule has 10 heteroatoms. The van der Waals surface area contributed by atoms with Crippen LogP contribution in [0.3, 0.4) is 0 Å². The second-order valence-corrected chi connectivity index (χ2v) is 14.0. The van der Waals surface area contributed by atoms with Gasteiger partial charge in [0.25, 0.3) is 0 Å². The second-order valence-electron chi connectivity index (χ2n) is 13.4. The van der Waals surface area contributed by atoms with Gasteiger partial charge in [-0.15, -0.1) is 23.2 Å². The number of H-pyrrole nitrogens is 2. The topological polar surface area (TPSA) is 113 Å². The first-order valence-corrected chi connectivity index (χ1v) is 15.6. The average Bonchev–Trinajstić information content (AvgIpc) is 3.38. The van der Waals surface area contributed by atoms with E-state index in [1.807, 2.05) is 36.0 Å². The normalized spacial score (nSPS) is 31.6. The summed E-state index contributed by atoms with van der Waals surface area (Å²) >= 11 is 12.9. The summed E-state index contributed by atoms with van der Waals surface area (Å²) in [5, 5.41) is 23.5. The zero-order chi connectivity index (χ0) is 29.1. The number of nitrogens with one attached hydrogen (secondary N) is 2. The second kappa shape index (κ2) is 7.58. The first kappa shape index (κ1) is 25.2. The van der Waals surface area contributed by atoms with E-state index in [2.05, 4.69) is 9.97 Å². The molecule has 2 unspecified atom stereocenters. The third-order valence-corrected chi connectivity index (χ3v) is 12.3. The van der Waals surface area contributed by atoms with Crippen molar-refractivity contribution in [1.29, 1.82) is 0 Å². The first-order valence-electron chi connectivity index (χ1n) is 14.6. The summed E-state index contributed by atoms with van der Waals surface area (Å²) in [5.41, 5.74) is 5.47. The quantitative estimate of drug-likeness (QED) is 0.218. The molecule has 3 fully saturated rings. The number of aromatic amines is 2. The van der Waals surface area contributed by atoms with Gasteiger partial charge in [-0.05, 0) is 55.4 Å². The minimum atomic E-state index is -0.545. The van der Waals surface area contributed by atoms with Crippen molar-refractivity contribution in [3.05, 3.63) is 46.8 Å². The molecule has 8 nitrogen and oxygen atoms in total. The number of aromatic hydroxyl groups is 2. The Morgan fingerprint density at radius 3 is 1.62 bits per heavy atom. The molecule has 2 aromatic carbocycles. The maximum Gasteiger partial charge on any atom is 0.233 e. The first-order chi connectivity index (χ1) is 20.1. The van der Waals surface area contributed by atoms with E-state index < -0.39 is 10.8 Å². The predicted octanol–water partition coefficient (Wildman–Crippen LogP) is 5.89. The lowest BCUT2D eigenvalue weighted by Gasteiger charge is -2.37. The van der Waals surface area contributed by atoms with Gasteiger partial charge in [0.15, 0.2) is 0 Å². The van der Waals surface area contributed by atoms with E-state index in [1.54, 1.807) is 12.1 Å². The number of fused-ring (bicyclic) bond motifs is 6. The summed E-state index contributed by atoms with van der Waals surface area (Å²) in [6.45, 7) is 4.93. The number of phenolic OH excluding ortho intramolecular Hbond substituents is 2. The molecule has 4 heterocycles. The number of phenols is 2. The third-order valence-electron chi connectivity index (χ3n) is 11.6. The van der Waals surface area contributed by atoms with Crippen molar-refractivity contribution in [2.45, 2.75) is 44.9 Å². The van der Waals surface area contributed by atoms with Crippen LogP contribution in [0.4, 0.5) is 11.4 Å². The molecule has 5 aliphatic rings. The number of amides is 2. The maximum atomic E-state index is 14.3. The molecule has 216 valence electrons. The molecule has 1 spiro atoms. The Bertz CT molecular complexity index is 1810. The molecule has 2 aromatic heterocycles. The van der Waals surface area contributed by atoms with Gasteiger partial charge in [0.05, 0.1) is 33.2 Å². The molecule has 4 aromatic rings. The van der Waals surface area contributed by atoms with Crippen LogP contribution >= 0.6 is 23.2 Å². The van der Waals surface area contributed by atoms with Gasteiger partial charge >= 0.3 is 0 Å². The number of benzene rings is 2. The van der Waals surface area contributed by atoms with Crippen LogP contribution in [-0.2, 0) is 9.59 Å². The van der Waals surface area contributed by atoms with Gasteiger partial charge in [-0.3, -0.25) is 9.59 Å². The van der Waals surface area contributed by atoms with E-state index in [0.717, 1.165) is 44.4 Å². The van der Waals surface area contributed by atoms with Crippen LogP contribution in [0.2, 0.25) is 0 Å². The Kier molecular flexibility index (Phi) is 4.54. The largest absolute Gasteiger partial charge is 0.506 e. The molecule has 9 rings (SSSR count). The van der Waals surface area contributed by atoms with Gasteiger partial charge in [-0.1, -0.05) is 0 Å². The molecule has 3 saturated carbocycles. The van der Waals surface area contributed by atoms with Gasteiger partial charge in [0.1, 0.15) is 11.5 Å². The maximum absolute atomic E-state index is 14.3. The number of aryl methyl sites for hydroxylation is 2. The predicted molar refractivity (Wildman–Crippen MR) is 162 cm³/mol. The molecule has 0 radical (unpaired) electrons. The molecule has 42 heavy (non-hydrogen) atoms. The molecular weight excluding hydrogens is 575 g/mol. The fourth-order valence-electron chi connectivity index (χ4n) is 9.59. The number of carbonyl (C=O) groups is 2. The summed E-state index contributed by atoms with van der Waals surface area (Å²) in [4.78, 5) is 38.6. The molecule has 4 N–H and O–H groups in total. The fourth-order valence-corrected chi connectivity index (χ4v) is 10.1. The number of hydrogen-bond donors (Lipinski definition) is 4. The lowest BCUT2D eigenvalue weighted by molar-refractivity contribution is -0.134. The van der Waals surface area contributed by atoms with Crippen LogP contribution in [0.1, 0.15) is 53.4 Å². The molecule has 2 amide bonds. The van der Waals surface area contributed by atoms with E-state index >= 15 is 0 Å². The molecule has 0 bridgehead atoms. The van der Waals surface area contributed by atoms with Crippen molar-refractivity contribution in [3.63, 3.8) is 0 Å². The Morgan fingerprint density at radius 1 is 0.810 bits per heavy atom. The van der Waals surface area contributed by atoms with Gasteiger partial charge < -0.3 is 30.0 Å². The van der Waals surface area contributed by atoms with E-state index in [1.165, 1.54) is 0 Å². The van der Waals surface area contributed by atoms with Crippen LogP contribution < -0.4 is 9.80 Å². The monoisotopic (exact) mass is 604 g/mol. The van der Waals surface area contributed by atoms with Gasteiger partial charge in [-0.25, -0.2) is 0 Å². The highest BCUT2D eigenvalue weighted by Gasteiger charge is 3.01. The standard InChI is InChI=1S/C32H30Cl2N4O4/c1-14-7-35-26-20(39)3-18-24(22(14)26)16(5-33)9-37(18)28(41)30-11-31(13-32(30,31)12-30)29(42)38-10-17(6-34)25-19(38)4-21(40)27-23(25)15(2)8-36-27/h3-4,7-8,16-17,35-36,39-40H,5-6,9-13H2,1-2H3/t16-,17-,30?,31?,32?/m1/s1. The highest BCUT2D eigenvalue weighted by Crippen LogP contribution is 3.01. The summed E-state index contributed by atoms with van der Waals surface area (Å²) in [5.74, 6) is 1.02. The molecule has 2 aliphatic heterocycles. The number of carbonyl (C=O) groups excluding carboxylic acids is 2. The number of halogens is 2. The zero-order valence-electron chi connectivity index (χ0n) is 23.3. The Labute approximate surface area is 251 Å². The summed E-state index contributed by atoms with van der Waals surface area (Å²) in [7, 11) is 0. The minimum absolute atomic E-state index is 0.0324. The smallest absolute Gasteiger partial charge is 0.233 e. The van der Waals surface area contributed by atoms with E-state index in [-0.39, 0.29) is 40.6 Å². The molecule has 3 aliphatic carbocycles. The zero-order valence-corrected chi connectivity index (χ0v) is 24.8. The summed E-state index contributed by atoms with van der Waals surface area (Å²) < 4.78 is 0. The van der Waals surface area contributed by atoms with Gasteiger partial charge in [0.2, 0.25) is 11.8 Å². The van der Waals surface area contributed by atoms with Crippen molar-refractivity contribution in [3.8, 4) is 11.5 Å². The molecule has 4 atom stereocenters. The summed E-state index contributed by atoms with van der Waals surface area (Å²) in [6, 6.07) is 3.38. The van der Waals surface area contributed by atoms with Gasteiger partial charge in [-0.2, -0.15) is 0 Å². The van der Waals surface area contributed by atoms with E-state index in [9.17, 15) is 19.8 Å². The lowest BCUT2D eigenvalue weighted by atomic mass is 9.72. The van der Waals surface area contributed by atoms with Crippen molar-refractivity contribution in [2.75, 3.05) is 34.6 Å². The van der Waals surface area contributed by atoms with E-state index in [4.69, 9.17) is 23.2 Å². The van der Waals surface area contributed by atoms with Crippen LogP contribution in [0, 0.1) is 30.1 Å². The number of nitrogens with zero attached hydrogens (tertiary/aromatic N) is 2. The van der Waals surface area contributed by atoms with Crippen molar-refractivity contribution in [2.24, 2.45) is 16.2 Å². The van der Waals surface area contributed by atoms with Crippen LogP contribution in [0.15, 0.2) is 24.5 Å². The Morgan fingerprint density at radius 2 is 1.24 bits per heavy atom. The van der Waals surface area contributed by atoms with Crippen LogP contribution in [-0.4, -0.2) is 56.8 Å². The van der Waals surface area contributed by atoms with Crippen LogP contribution in [0.5, 0.6) is 11.5 Å². The fraction of sp³-hybridized carbons (Fsp3) is 0.438.